The van der Waals surface area contributed by atoms with Crippen molar-refractivity contribution in [3.05, 3.63) is 53.4 Å². The Labute approximate surface area is 126 Å². The van der Waals surface area contributed by atoms with Crippen LogP contribution in [-0.4, -0.2) is 16.5 Å². The third-order valence-electron chi connectivity index (χ3n) is 3.15. The first kappa shape index (κ1) is 13.7. The zero-order chi connectivity index (χ0) is 14.7. The number of pyridine rings is 2. The van der Waals surface area contributed by atoms with Gasteiger partial charge in [-0.15, -0.1) is 0 Å². The summed E-state index contributed by atoms with van der Waals surface area (Å²) < 4.78 is 14.0. The third kappa shape index (κ3) is 2.64. The van der Waals surface area contributed by atoms with Crippen molar-refractivity contribution in [3.8, 4) is 22.3 Å². The molecule has 3 heterocycles. The van der Waals surface area contributed by atoms with Gasteiger partial charge in [-0.25, -0.2) is 9.97 Å². The molecule has 0 fully saturated rings. The number of nitrogens with zero attached hydrogens (tertiary/aromatic N) is 2. The van der Waals surface area contributed by atoms with Crippen LogP contribution in [0.25, 0.3) is 22.3 Å². The van der Waals surface area contributed by atoms with E-state index < -0.39 is 5.95 Å². The lowest BCUT2D eigenvalue weighted by Gasteiger charge is -2.10. The topological polar surface area (TPSA) is 37.8 Å². The quantitative estimate of drug-likeness (QED) is 0.724. The highest BCUT2D eigenvalue weighted by molar-refractivity contribution is 7.08. The molecule has 0 bridgehead atoms. The molecule has 1 N–H and O–H groups in total. The number of thiophene rings is 1. The van der Waals surface area contributed by atoms with E-state index in [0.29, 0.717) is 5.56 Å². The summed E-state index contributed by atoms with van der Waals surface area (Å²) in [5.41, 5.74) is 3.30. The minimum Gasteiger partial charge on any atom is -0.370 e. The Morgan fingerprint density at radius 2 is 1.67 bits per heavy atom. The van der Waals surface area contributed by atoms with Crippen LogP contribution < -0.4 is 5.32 Å². The zero-order valence-corrected chi connectivity index (χ0v) is 12.3. The first-order valence-corrected chi connectivity index (χ1v) is 7.62. The van der Waals surface area contributed by atoms with Gasteiger partial charge in [0.05, 0.1) is 0 Å². The Morgan fingerprint density at radius 1 is 1.00 bits per heavy atom. The van der Waals surface area contributed by atoms with Crippen LogP contribution in [0.1, 0.15) is 6.92 Å². The molecule has 5 heteroatoms. The van der Waals surface area contributed by atoms with Crippen LogP contribution in [0, 0.1) is 5.95 Å². The molecule has 3 nitrogen and oxygen atoms in total. The van der Waals surface area contributed by atoms with Crippen LogP contribution in [-0.2, 0) is 0 Å². The SMILES string of the molecule is CCNc1ncccc1-c1cscc1-c1cccnc1F. The molecule has 106 valence electrons. The summed E-state index contributed by atoms with van der Waals surface area (Å²) in [5, 5.41) is 7.20. The maximum Gasteiger partial charge on any atom is 0.220 e. The lowest BCUT2D eigenvalue weighted by Crippen LogP contribution is -2.01. The van der Waals surface area contributed by atoms with E-state index in [1.54, 1.807) is 29.7 Å². The van der Waals surface area contributed by atoms with E-state index >= 15 is 0 Å². The molecule has 0 unspecified atom stereocenters. The standard InChI is InChI=1S/C16H14FN3S/c1-2-18-16-12(6-4-8-20-16)14-10-21-9-13(14)11-5-3-7-19-15(11)17/h3-10H,2H2,1H3,(H,18,20). The van der Waals surface area contributed by atoms with E-state index in [2.05, 4.69) is 15.3 Å². The predicted octanol–water partition coefficient (Wildman–Crippen LogP) is 4.44. The van der Waals surface area contributed by atoms with Gasteiger partial charge in [-0.2, -0.15) is 15.7 Å². The van der Waals surface area contributed by atoms with Gasteiger partial charge >= 0.3 is 0 Å². The van der Waals surface area contributed by atoms with E-state index in [0.717, 1.165) is 29.1 Å². The number of halogens is 1. The zero-order valence-electron chi connectivity index (χ0n) is 11.5. The van der Waals surface area contributed by atoms with Gasteiger partial charge in [0.1, 0.15) is 5.82 Å². The van der Waals surface area contributed by atoms with Gasteiger partial charge in [0, 0.05) is 41.2 Å². The molecule has 0 amide bonds. The van der Waals surface area contributed by atoms with E-state index in [4.69, 9.17) is 0 Å². The highest BCUT2D eigenvalue weighted by Gasteiger charge is 2.15. The summed E-state index contributed by atoms with van der Waals surface area (Å²) in [6, 6.07) is 7.37. The van der Waals surface area contributed by atoms with Gasteiger partial charge in [0.25, 0.3) is 0 Å². The van der Waals surface area contributed by atoms with Crippen LogP contribution in [0.3, 0.4) is 0 Å². The fourth-order valence-electron chi connectivity index (χ4n) is 2.23. The van der Waals surface area contributed by atoms with Gasteiger partial charge in [0.2, 0.25) is 5.95 Å². The average Bonchev–Trinajstić information content (AvgIpc) is 2.98. The van der Waals surface area contributed by atoms with E-state index in [1.165, 1.54) is 6.20 Å². The minimum absolute atomic E-state index is 0.453. The van der Waals surface area contributed by atoms with Gasteiger partial charge < -0.3 is 5.32 Å². The largest absolute Gasteiger partial charge is 0.370 e. The van der Waals surface area contributed by atoms with Crippen LogP contribution >= 0.6 is 11.3 Å². The first-order valence-electron chi connectivity index (χ1n) is 6.67. The van der Waals surface area contributed by atoms with E-state index in [-0.39, 0.29) is 0 Å². The molecule has 0 aromatic carbocycles. The monoisotopic (exact) mass is 299 g/mol. The summed E-state index contributed by atoms with van der Waals surface area (Å²) in [7, 11) is 0. The highest BCUT2D eigenvalue weighted by Crippen LogP contribution is 2.38. The van der Waals surface area contributed by atoms with E-state index in [9.17, 15) is 4.39 Å². The molecule has 0 aliphatic carbocycles. The average molecular weight is 299 g/mol. The van der Waals surface area contributed by atoms with Crippen molar-refractivity contribution in [3.63, 3.8) is 0 Å². The van der Waals surface area contributed by atoms with Crippen LogP contribution in [0.4, 0.5) is 10.2 Å². The molecule has 21 heavy (non-hydrogen) atoms. The molecule has 0 aliphatic rings. The second-order valence-electron chi connectivity index (χ2n) is 4.47. The fourth-order valence-corrected chi connectivity index (χ4v) is 3.08. The van der Waals surface area contributed by atoms with Crippen molar-refractivity contribution in [2.45, 2.75) is 6.92 Å². The van der Waals surface area contributed by atoms with Crippen molar-refractivity contribution in [2.75, 3.05) is 11.9 Å². The van der Waals surface area contributed by atoms with Gasteiger partial charge in [-0.1, -0.05) is 0 Å². The lowest BCUT2D eigenvalue weighted by atomic mass is 10.0. The van der Waals surface area contributed by atoms with E-state index in [1.807, 2.05) is 29.8 Å². The van der Waals surface area contributed by atoms with Crippen LogP contribution in [0.5, 0.6) is 0 Å². The third-order valence-corrected chi connectivity index (χ3v) is 3.90. The second kappa shape index (κ2) is 6.01. The van der Waals surface area contributed by atoms with Gasteiger partial charge in [-0.3, -0.25) is 0 Å². The summed E-state index contributed by atoms with van der Waals surface area (Å²) in [6.45, 7) is 2.80. The summed E-state index contributed by atoms with van der Waals surface area (Å²) in [4.78, 5) is 8.10. The number of nitrogens with one attached hydrogen (secondary N) is 1. The van der Waals surface area contributed by atoms with Crippen molar-refractivity contribution in [1.82, 2.24) is 9.97 Å². The number of rotatable bonds is 4. The Kier molecular flexibility index (Phi) is 3.92. The summed E-state index contributed by atoms with van der Waals surface area (Å²) >= 11 is 1.54. The van der Waals surface area contributed by atoms with Gasteiger partial charge in [0.15, 0.2) is 0 Å². The molecule has 0 spiro atoms. The first-order chi connectivity index (χ1) is 10.3. The molecule has 0 saturated carbocycles. The second-order valence-corrected chi connectivity index (χ2v) is 5.21. The molecular formula is C16H14FN3S. The number of hydrogen-bond acceptors (Lipinski definition) is 4. The highest BCUT2D eigenvalue weighted by atomic mass is 32.1. The molecule has 0 atom stereocenters. The maximum absolute atomic E-state index is 14.0. The molecule has 3 aromatic heterocycles. The predicted molar refractivity (Wildman–Crippen MR) is 84.9 cm³/mol. The molecular weight excluding hydrogens is 285 g/mol. The van der Waals surface area contributed by atoms with Gasteiger partial charge in [-0.05, 0) is 41.9 Å². The Morgan fingerprint density at radius 3 is 2.38 bits per heavy atom. The molecule has 0 saturated heterocycles. The van der Waals surface area contributed by atoms with Crippen LogP contribution in [0.2, 0.25) is 0 Å². The van der Waals surface area contributed by atoms with Crippen molar-refractivity contribution >= 4 is 17.2 Å². The Hall–Kier alpha value is -2.27. The Bertz CT molecular complexity index is 755. The molecule has 3 rings (SSSR count). The van der Waals surface area contributed by atoms with Crippen LogP contribution in [0.15, 0.2) is 47.4 Å². The number of hydrogen-bond donors (Lipinski definition) is 1. The summed E-state index contributed by atoms with van der Waals surface area (Å²) in [6.07, 6.45) is 3.21. The Balaban J connectivity index is 2.14. The van der Waals surface area contributed by atoms with Crippen molar-refractivity contribution in [1.29, 1.82) is 0 Å². The lowest BCUT2D eigenvalue weighted by molar-refractivity contribution is 0.588. The molecule has 0 radical (unpaired) electrons. The normalized spacial score (nSPS) is 10.6. The van der Waals surface area contributed by atoms with Crippen molar-refractivity contribution < 1.29 is 4.39 Å². The maximum atomic E-state index is 14.0. The number of anilines is 1. The smallest absolute Gasteiger partial charge is 0.220 e. The fraction of sp³-hybridized carbons (Fsp3) is 0.125. The summed E-state index contributed by atoms with van der Waals surface area (Å²) in [5.74, 6) is 0.356. The molecule has 3 aromatic rings. The number of aromatic nitrogens is 2. The van der Waals surface area contributed by atoms with Crippen molar-refractivity contribution in [2.24, 2.45) is 0 Å². The minimum atomic E-state index is -0.453. The molecule has 0 aliphatic heterocycles.